The molecule has 0 bridgehead atoms. The number of fused-ring (bicyclic) bond motifs is 1. The van der Waals surface area contributed by atoms with E-state index in [2.05, 4.69) is 9.97 Å². The minimum atomic E-state index is -0.184. The first-order valence-corrected chi connectivity index (χ1v) is 9.12. The zero-order valence-electron chi connectivity index (χ0n) is 14.7. The highest BCUT2D eigenvalue weighted by Crippen LogP contribution is 2.41. The first-order valence-electron chi connectivity index (χ1n) is 9.12. The molecule has 1 amide bonds. The molecule has 4 rings (SSSR count). The molecule has 0 aromatic carbocycles. The first kappa shape index (κ1) is 17.0. The summed E-state index contributed by atoms with van der Waals surface area (Å²) in [4.78, 5) is 23.1. The number of piperidine rings is 1. The number of carbonyl (C=O) groups is 1. The number of rotatable bonds is 4. The summed E-state index contributed by atoms with van der Waals surface area (Å²) >= 11 is 0. The van der Waals surface area contributed by atoms with Gasteiger partial charge in [0.2, 0.25) is 0 Å². The number of amides is 1. The molecule has 2 fully saturated rings. The fraction of sp³-hybridized carbons (Fsp3) is 0.450. The number of pyridine rings is 2. The van der Waals surface area contributed by atoms with Gasteiger partial charge in [-0.1, -0.05) is 6.07 Å². The van der Waals surface area contributed by atoms with Crippen LogP contribution in [-0.2, 0) is 4.74 Å². The van der Waals surface area contributed by atoms with Crippen molar-refractivity contribution in [3.05, 3.63) is 54.6 Å². The third-order valence-electron chi connectivity index (χ3n) is 5.32. The molecule has 6 nitrogen and oxygen atoms in total. The van der Waals surface area contributed by atoms with Gasteiger partial charge in [0, 0.05) is 37.5 Å². The van der Waals surface area contributed by atoms with E-state index in [9.17, 15) is 4.79 Å². The predicted octanol–water partition coefficient (Wildman–Crippen LogP) is 2.57. The van der Waals surface area contributed by atoms with Crippen molar-refractivity contribution in [1.82, 2.24) is 14.9 Å². The number of ether oxygens (including phenoxy) is 2. The normalized spacial score (nSPS) is 25.4. The Kier molecular flexibility index (Phi) is 4.84. The number of nitrogens with zero attached hydrogens (tertiary/aromatic N) is 3. The Morgan fingerprint density at radius 3 is 3.08 bits per heavy atom. The van der Waals surface area contributed by atoms with E-state index in [1.807, 2.05) is 29.2 Å². The molecule has 2 aromatic heterocycles. The Morgan fingerprint density at radius 2 is 2.27 bits per heavy atom. The van der Waals surface area contributed by atoms with Crippen LogP contribution >= 0.6 is 0 Å². The lowest BCUT2D eigenvalue weighted by Gasteiger charge is -2.50. The molecular weight excluding hydrogens is 330 g/mol. The van der Waals surface area contributed by atoms with E-state index < -0.39 is 0 Å². The average Bonchev–Trinajstić information content (AvgIpc) is 2.73. The second-order valence-electron chi connectivity index (χ2n) is 7.03. The molecule has 0 aliphatic carbocycles. The van der Waals surface area contributed by atoms with Gasteiger partial charge in [-0.3, -0.25) is 14.8 Å². The molecule has 2 aliphatic heterocycles. The Labute approximate surface area is 153 Å². The zero-order chi connectivity index (χ0) is 17.8. The summed E-state index contributed by atoms with van der Waals surface area (Å²) in [5.74, 6) is 0.731. The monoisotopic (exact) mass is 353 g/mol. The Hall–Kier alpha value is -2.47. The Morgan fingerprint density at radius 1 is 1.31 bits per heavy atom. The van der Waals surface area contributed by atoms with Gasteiger partial charge in [0.15, 0.2) is 0 Å². The van der Waals surface area contributed by atoms with Crippen LogP contribution in [0.1, 0.15) is 29.8 Å². The standard InChI is InChI=1S/C20H23N3O3/c24-19(17-6-1-2-10-22-17)23-11-7-18-20(14-23,8-4-12-25-18)15-26-16-5-3-9-21-13-16/h1-3,5-6,9-10,13,18H,4,7-8,11-12,14-15H2/t18-,20+/m0/s1. The summed E-state index contributed by atoms with van der Waals surface area (Å²) in [6.45, 7) is 2.63. The highest BCUT2D eigenvalue weighted by molar-refractivity contribution is 5.92. The van der Waals surface area contributed by atoms with Crippen molar-refractivity contribution < 1.29 is 14.3 Å². The third-order valence-corrected chi connectivity index (χ3v) is 5.32. The highest BCUT2D eigenvalue weighted by Gasteiger charge is 2.47. The van der Waals surface area contributed by atoms with E-state index in [0.29, 0.717) is 25.4 Å². The summed E-state index contributed by atoms with van der Waals surface area (Å²) in [5.41, 5.74) is 0.308. The van der Waals surface area contributed by atoms with E-state index >= 15 is 0 Å². The molecule has 2 saturated heterocycles. The number of aromatic nitrogens is 2. The van der Waals surface area contributed by atoms with Crippen LogP contribution in [0.3, 0.4) is 0 Å². The van der Waals surface area contributed by atoms with E-state index in [1.165, 1.54) is 0 Å². The molecule has 136 valence electrons. The second-order valence-corrected chi connectivity index (χ2v) is 7.03. The molecule has 0 saturated carbocycles. The average molecular weight is 353 g/mol. The number of hydrogen-bond acceptors (Lipinski definition) is 5. The fourth-order valence-corrected chi connectivity index (χ4v) is 3.99. The lowest BCUT2D eigenvalue weighted by atomic mass is 9.73. The maximum Gasteiger partial charge on any atom is 0.272 e. The van der Waals surface area contributed by atoms with E-state index in [1.54, 1.807) is 24.7 Å². The van der Waals surface area contributed by atoms with Gasteiger partial charge in [-0.2, -0.15) is 0 Å². The summed E-state index contributed by atoms with van der Waals surface area (Å²) in [7, 11) is 0. The summed E-state index contributed by atoms with van der Waals surface area (Å²) in [6.07, 6.45) is 8.03. The second kappa shape index (κ2) is 7.41. The van der Waals surface area contributed by atoms with E-state index in [4.69, 9.17) is 9.47 Å². The molecule has 6 heteroatoms. The molecule has 0 unspecified atom stereocenters. The van der Waals surface area contributed by atoms with Crippen LogP contribution in [0.15, 0.2) is 48.9 Å². The molecule has 0 N–H and O–H groups in total. The van der Waals surface area contributed by atoms with Crippen LogP contribution in [0.4, 0.5) is 0 Å². The highest BCUT2D eigenvalue weighted by atomic mass is 16.5. The van der Waals surface area contributed by atoms with Crippen molar-refractivity contribution in [2.45, 2.75) is 25.4 Å². The van der Waals surface area contributed by atoms with Crippen LogP contribution in [0.5, 0.6) is 5.75 Å². The summed E-state index contributed by atoms with van der Waals surface area (Å²) in [6, 6.07) is 9.20. The van der Waals surface area contributed by atoms with Gasteiger partial charge in [0.05, 0.1) is 18.9 Å². The minimum absolute atomic E-state index is 0.0182. The maximum absolute atomic E-state index is 12.9. The van der Waals surface area contributed by atoms with Crippen LogP contribution in [0, 0.1) is 5.41 Å². The van der Waals surface area contributed by atoms with Crippen molar-refractivity contribution in [3.8, 4) is 5.75 Å². The lowest BCUT2D eigenvalue weighted by molar-refractivity contribution is -0.133. The predicted molar refractivity (Wildman–Crippen MR) is 95.9 cm³/mol. The molecular formula is C20H23N3O3. The molecule has 2 aromatic rings. The topological polar surface area (TPSA) is 64.6 Å². The molecule has 0 spiro atoms. The van der Waals surface area contributed by atoms with Crippen LogP contribution in [0.2, 0.25) is 0 Å². The Balaban J connectivity index is 1.52. The molecule has 2 aliphatic rings. The smallest absolute Gasteiger partial charge is 0.272 e. The summed E-state index contributed by atoms with van der Waals surface area (Å²) < 4.78 is 12.1. The van der Waals surface area contributed by atoms with Crippen LogP contribution in [0.25, 0.3) is 0 Å². The SMILES string of the molecule is O=C(c1ccccn1)N1CC[C@@H]2OCCC[C@]2(COc2cccnc2)C1. The van der Waals surface area contributed by atoms with Crippen molar-refractivity contribution in [1.29, 1.82) is 0 Å². The zero-order valence-corrected chi connectivity index (χ0v) is 14.7. The van der Waals surface area contributed by atoms with Crippen LogP contribution < -0.4 is 4.74 Å². The number of likely N-dealkylation sites (tertiary alicyclic amines) is 1. The largest absolute Gasteiger partial charge is 0.491 e. The fourth-order valence-electron chi connectivity index (χ4n) is 3.99. The quantitative estimate of drug-likeness (QED) is 0.845. The van der Waals surface area contributed by atoms with Gasteiger partial charge in [-0.05, 0) is 43.5 Å². The first-order chi connectivity index (χ1) is 12.8. The van der Waals surface area contributed by atoms with Crippen molar-refractivity contribution >= 4 is 5.91 Å². The van der Waals surface area contributed by atoms with Gasteiger partial charge in [0.1, 0.15) is 11.4 Å². The van der Waals surface area contributed by atoms with Gasteiger partial charge in [-0.15, -0.1) is 0 Å². The van der Waals surface area contributed by atoms with Crippen LogP contribution in [-0.4, -0.2) is 53.2 Å². The maximum atomic E-state index is 12.9. The molecule has 4 heterocycles. The van der Waals surface area contributed by atoms with Crippen molar-refractivity contribution in [3.63, 3.8) is 0 Å². The van der Waals surface area contributed by atoms with Gasteiger partial charge in [0.25, 0.3) is 5.91 Å². The number of hydrogen-bond donors (Lipinski definition) is 0. The van der Waals surface area contributed by atoms with Crippen molar-refractivity contribution in [2.24, 2.45) is 5.41 Å². The van der Waals surface area contributed by atoms with E-state index in [-0.39, 0.29) is 17.4 Å². The lowest BCUT2D eigenvalue weighted by Crippen LogP contribution is -2.58. The van der Waals surface area contributed by atoms with Gasteiger partial charge >= 0.3 is 0 Å². The van der Waals surface area contributed by atoms with E-state index in [0.717, 1.165) is 31.6 Å². The minimum Gasteiger partial charge on any atom is -0.491 e. The third kappa shape index (κ3) is 3.42. The molecule has 0 radical (unpaired) electrons. The molecule has 26 heavy (non-hydrogen) atoms. The number of carbonyl (C=O) groups excluding carboxylic acids is 1. The van der Waals surface area contributed by atoms with Gasteiger partial charge in [-0.25, -0.2) is 0 Å². The summed E-state index contributed by atoms with van der Waals surface area (Å²) in [5, 5.41) is 0. The Bertz CT molecular complexity index is 740. The molecule has 2 atom stereocenters. The van der Waals surface area contributed by atoms with Gasteiger partial charge < -0.3 is 14.4 Å². The van der Waals surface area contributed by atoms with Crippen molar-refractivity contribution in [2.75, 3.05) is 26.3 Å².